The first-order chi connectivity index (χ1) is 22.7. The second-order valence-electron chi connectivity index (χ2n) is 11.2. The Labute approximate surface area is 271 Å². The van der Waals surface area contributed by atoms with Crippen molar-refractivity contribution in [3.8, 4) is 11.4 Å². The van der Waals surface area contributed by atoms with Gasteiger partial charge in [-0.1, -0.05) is 72.8 Å². The highest BCUT2D eigenvalue weighted by atomic mass is 19.4. The number of halogens is 3. The number of para-hydroxylation sites is 3. The van der Waals surface area contributed by atoms with Crippen molar-refractivity contribution in [2.45, 2.75) is 19.1 Å². The van der Waals surface area contributed by atoms with Crippen LogP contribution in [0, 0.1) is 0 Å². The molecule has 1 saturated heterocycles. The van der Waals surface area contributed by atoms with Gasteiger partial charge in [-0.25, -0.2) is 9.78 Å². The molecule has 0 radical (unpaired) electrons. The van der Waals surface area contributed by atoms with Crippen LogP contribution in [0.3, 0.4) is 0 Å². The van der Waals surface area contributed by atoms with E-state index in [2.05, 4.69) is 80.3 Å². The number of hydrogen-bond acceptors (Lipinski definition) is 5. The fourth-order valence-corrected chi connectivity index (χ4v) is 5.50. The van der Waals surface area contributed by atoms with E-state index in [9.17, 15) is 18.0 Å². The number of nitrogens with zero attached hydrogens (tertiary/aromatic N) is 4. The molecule has 0 atom stereocenters. The number of hydrogen-bond donors (Lipinski definition) is 2. The molecule has 0 spiro atoms. The van der Waals surface area contributed by atoms with Gasteiger partial charge in [0.15, 0.2) is 0 Å². The summed E-state index contributed by atoms with van der Waals surface area (Å²) in [6, 6.07) is 37.1. The average Bonchev–Trinajstić information content (AvgIpc) is 3.46. The fraction of sp³-hybridized carbons (Fsp3) is 0.250. The van der Waals surface area contributed by atoms with Crippen LogP contribution in [-0.4, -0.2) is 76.9 Å². The van der Waals surface area contributed by atoms with Crippen molar-refractivity contribution in [1.82, 2.24) is 19.8 Å². The van der Waals surface area contributed by atoms with Gasteiger partial charge in [0, 0.05) is 56.1 Å². The molecule has 1 fully saturated rings. The number of rotatable bonds is 9. The summed E-state index contributed by atoms with van der Waals surface area (Å²) in [6.07, 6.45) is -4.15. The molecule has 6 rings (SSSR count). The number of aliphatic carboxylic acids is 1. The summed E-state index contributed by atoms with van der Waals surface area (Å²) in [6.45, 7) is 6.55. The third-order valence-corrected chi connectivity index (χ3v) is 7.89. The van der Waals surface area contributed by atoms with Gasteiger partial charge in [0.1, 0.15) is 5.82 Å². The van der Waals surface area contributed by atoms with Crippen molar-refractivity contribution in [3.63, 3.8) is 0 Å². The largest absolute Gasteiger partial charge is 0.490 e. The third kappa shape index (κ3) is 8.98. The average molecular weight is 644 g/mol. The van der Waals surface area contributed by atoms with E-state index in [1.165, 1.54) is 11.3 Å². The number of imidazole rings is 1. The quantitative estimate of drug-likeness (QED) is 0.183. The van der Waals surface area contributed by atoms with E-state index in [1.807, 2.05) is 48.5 Å². The zero-order valence-electron chi connectivity index (χ0n) is 25.7. The van der Waals surface area contributed by atoms with Gasteiger partial charge in [-0.3, -0.25) is 9.69 Å². The molecular weight excluding hydrogens is 607 g/mol. The summed E-state index contributed by atoms with van der Waals surface area (Å²) in [5, 5.41) is 10.3. The lowest BCUT2D eigenvalue weighted by atomic mass is 10.1. The number of anilines is 1. The number of fused-ring (bicyclic) bond motifs is 1. The van der Waals surface area contributed by atoms with E-state index < -0.39 is 12.1 Å². The summed E-state index contributed by atoms with van der Waals surface area (Å²) in [7, 11) is 0. The Hall–Kier alpha value is -5.16. The van der Waals surface area contributed by atoms with Crippen molar-refractivity contribution < 1.29 is 27.9 Å². The molecule has 0 saturated carbocycles. The molecule has 8 nitrogen and oxygen atoms in total. The number of carboxylic acid groups (broad SMARTS) is 1. The van der Waals surface area contributed by atoms with Crippen molar-refractivity contribution in [1.29, 1.82) is 0 Å². The van der Waals surface area contributed by atoms with Crippen molar-refractivity contribution in [2.75, 3.05) is 44.2 Å². The Kier molecular flexibility index (Phi) is 10.9. The van der Waals surface area contributed by atoms with Crippen LogP contribution in [0.4, 0.5) is 18.9 Å². The number of alkyl halides is 3. The smallest absolute Gasteiger partial charge is 0.475 e. The van der Waals surface area contributed by atoms with Crippen LogP contribution in [0.1, 0.15) is 22.3 Å². The van der Waals surface area contributed by atoms with E-state index in [1.54, 1.807) is 0 Å². The molecule has 2 heterocycles. The second-order valence-corrected chi connectivity index (χ2v) is 11.2. The maximum Gasteiger partial charge on any atom is 0.490 e. The van der Waals surface area contributed by atoms with Crippen molar-refractivity contribution >= 4 is 28.6 Å². The number of benzene rings is 4. The van der Waals surface area contributed by atoms with Crippen LogP contribution >= 0.6 is 0 Å². The van der Waals surface area contributed by atoms with Gasteiger partial charge in [-0.05, 0) is 54.9 Å². The Bertz CT molecular complexity index is 1770. The number of aromatic nitrogens is 2. The third-order valence-electron chi connectivity index (χ3n) is 7.89. The number of carbonyl (C=O) groups excluding carboxylic acids is 1. The maximum atomic E-state index is 13.1. The first-order valence-corrected chi connectivity index (χ1v) is 15.4. The van der Waals surface area contributed by atoms with Gasteiger partial charge in [-0.2, -0.15) is 13.2 Å². The Morgan fingerprint density at radius 1 is 0.809 bits per heavy atom. The normalized spacial score (nSPS) is 13.6. The van der Waals surface area contributed by atoms with Gasteiger partial charge < -0.3 is 19.9 Å². The summed E-state index contributed by atoms with van der Waals surface area (Å²) >= 11 is 0. The van der Waals surface area contributed by atoms with Crippen LogP contribution < -0.4 is 10.2 Å². The Balaban J connectivity index is 0.000000559. The molecule has 1 amide bonds. The predicted molar refractivity (Wildman–Crippen MR) is 176 cm³/mol. The van der Waals surface area contributed by atoms with Gasteiger partial charge >= 0.3 is 12.1 Å². The standard InChI is InChI=1S/C34H35N5O.C2HF3O2/c40-34(35-19-10-20-37-21-23-38(24-22-37)30-15-5-2-6-16-30)29-14-9-13-28(25-29)33-36-31-17-7-8-18-32(31)39(33)26-27-11-3-1-4-12-27;3-2(4,5)1(6)7/h1-9,11-18,25H,10,19-24,26H2,(H,35,40);(H,6,7). The lowest BCUT2D eigenvalue weighted by Crippen LogP contribution is -2.47. The highest BCUT2D eigenvalue weighted by molar-refractivity contribution is 5.95. The van der Waals surface area contributed by atoms with Crippen LogP contribution in [0.25, 0.3) is 22.4 Å². The summed E-state index contributed by atoms with van der Waals surface area (Å²) in [4.78, 5) is 31.9. The van der Waals surface area contributed by atoms with Crippen LogP contribution in [0.2, 0.25) is 0 Å². The van der Waals surface area contributed by atoms with Gasteiger partial charge in [0.25, 0.3) is 5.91 Å². The maximum absolute atomic E-state index is 13.1. The number of carbonyl (C=O) groups is 2. The minimum atomic E-state index is -5.08. The van der Waals surface area contributed by atoms with Crippen molar-refractivity contribution in [3.05, 3.63) is 120 Å². The number of amides is 1. The van der Waals surface area contributed by atoms with E-state index >= 15 is 0 Å². The van der Waals surface area contributed by atoms with Crippen LogP contribution in [-0.2, 0) is 11.3 Å². The minimum absolute atomic E-state index is 0.0403. The summed E-state index contributed by atoms with van der Waals surface area (Å²) in [5.74, 6) is -1.93. The van der Waals surface area contributed by atoms with E-state index in [-0.39, 0.29) is 5.91 Å². The summed E-state index contributed by atoms with van der Waals surface area (Å²) < 4.78 is 34.0. The number of nitrogens with one attached hydrogen (secondary N) is 1. The fourth-order valence-electron chi connectivity index (χ4n) is 5.50. The topological polar surface area (TPSA) is 90.7 Å². The number of piperazine rings is 1. The first kappa shape index (κ1) is 33.2. The van der Waals surface area contributed by atoms with Crippen LogP contribution in [0.15, 0.2) is 109 Å². The molecule has 11 heteroatoms. The second kappa shape index (κ2) is 15.4. The van der Waals surface area contributed by atoms with Gasteiger partial charge in [0.2, 0.25) is 0 Å². The molecule has 244 valence electrons. The number of carboxylic acids is 1. The molecule has 1 aromatic heterocycles. The monoisotopic (exact) mass is 643 g/mol. The molecule has 0 bridgehead atoms. The van der Waals surface area contributed by atoms with Gasteiger partial charge in [-0.15, -0.1) is 0 Å². The lowest BCUT2D eigenvalue weighted by molar-refractivity contribution is -0.192. The first-order valence-electron chi connectivity index (χ1n) is 15.4. The van der Waals surface area contributed by atoms with E-state index in [0.717, 1.165) is 61.6 Å². The molecule has 0 unspecified atom stereocenters. The molecular formula is C36H36F3N5O3. The molecule has 5 aromatic rings. The molecule has 2 N–H and O–H groups in total. The highest BCUT2D eigenvalue weighted by Gasteiger charge is 2.38. The SMILES string of the molecule is O=C(NCCCN1CCN(c2ccccc2)CC1)c1cccc(-c2nc3ccccc3n2Cc2ccccc2)c1.O=C(O)C(F)(F)F. The predicted octanol–water partition coefficient (Wildman–Crippen LogP) is 6.33. The molecule has 4 aromatic carbocycles. The zero-order chi connectivity index (χ0) is 33.2. The molecule has 1 aliphatic rings. The van der Waals surface area contributed by atoms with Gasteiger partial charge in [0.05, 0.1) is 11.0 Å². The van der Waals surface area contributed by atoms with E-state index in [0.29, 0.717) is 18.7 Å². The van der Waals surface area contributed by atoms with E-state index in [4.69, 9.17) is 14.9 Å². The molecule has 0 aliphatic carbocycles. The Morgan fingerprint density at radius 2 is 1.45 bits per heavy atom. The van der Waals surface area contributed by atoms with Crippen molar-refractivity contribution in [2.24, 2.45) is 0 Å². The molecule has 1 aliphatic heterocycles. The summed E-state index contributed by atoms with van der Waals surface area (Å²) in [5.41, 5.74) is 6.15. The Morgan fingerprint density at radius 3 is 2.13 bits per heavy atom. The molecule has 47 heavy (non-hydrogen) atoms. The lowest BCUT2D eigenvalue weighted by Gasteiger charge is -2.36. The minimum Gasteiger partial charge on any atom is -0.475 e. The zero-order valence-corrected chi connectivity index (χ0v) is 25.7. The van der Waals surface area contributed by atoms with Crippen LogP contribution in [0.5, 0.6) is 0 Å². The highest BCUT2D eigenvalue weighted by Crippen LogP contribution is 2.27.